The predicted molar refractivity (Wildman–Crippen MR) is 105 cm³/mol. The first-order valence-corrected chi connectivity index (χ1v) is 9.14. The Hall–Kier alpha value is -3.08. The Morgan fingerprint density at radius 2 is 1.78 bits per heavy atom. The molecule has 1 aliphatic rings. The second-order valence-corrected chi connectivity index (χ2v) is 7.23. The lowest BCUT2D eigenvalue weighted by Crippen LogP contribution is -2.25. The van der Waals surface area contributed by atoms with Gasteiger partial charge in [0.1, 0.15) is 5.69 Å². The van der Waals surface area contributed by atoms with E-state index in [-0.39, 0.29) is 11.7 Å². The molecule has 0 unspecified atom stereocenters. The van der Waals surface area contributed by atoms with Crippen molar-refractivity contribution in [1.82, 2.24) is 15.5 Å². The number of hydrogen-bond acceptors (Lipinski definition) is 4. The zero-order valence-corrected chi connectivity index (χ0v) is 15.7. The van der Waals surface area contributed by atoms with Crippen LogP contribution in [-0.4, -0.2) is 27.9 Å². The third-order valence-corrected chi connectivity index (χ3v) is 5.02. The number of hydrogen-bond donors (Lipinski definition) is 1. The van der Waals surface area contributed by atoms with Crippen LogP contribution in [0.5, 0.6) is 0 Å². The molecule has 5 nitrogen and oxygen atoms in total. The van der Waals surface area contributed by atoms with E-state index in [1.54, 1.807) is 0 Å². The minimum atomic E-state index is -0.102. The van der Waals surface area contributed by atoms with E-state index in [1.165, 1.54) is 6.92 Å². The van der Waals surface area contributed by atoms with Crippen LogP contribution in [0, 0.1) is 13.8 Å². The first-order valence-electron chi connectivity index (χ1n) is 9.14. The van der Waals surface area contributed by atoms with Crippen molar-refractivity contribution in [1.29, 1.82) is 0 Å². The number of nitrogens with zero attached hydrogens (tertiary/aromatic N) is 2. The van der Waals surface area contributed by atoms with E-state index in [0.29, 0.717) is 17.3 Å². The maximum Gasteiger partial charge on any atom is 0.251 e. The zero-order chi connectivity index (χ0) is 19.1. The quantitative estimate of drug-likeness (QED) is 0.715. The summed E-state index contributed by atoms with van der Waals surface area (Å²) < 4.78 is 0. The Morgan fingerprint density at radius 1 is 1.00 bits per heavy atom. The lowest BCUT2D eigenvalue weighted by Gasteiger charge is -2.12. The molecule has 1 aliphatic carbocycles. The molecule has 5 heteroatoms. The molecule has 0 radical (unpaired) electrons. The van der Waals surface area contributed by atoms with Crippen LogP contribution in [-0.2, 0) is 0 Å². The van der Waals surface area contributed by atoms with Crippen molar-refractivity contribution in [2.24, 2.45) is 0 Å². The van der Waals surface area contributed by atoms with Gasteiger partial charge in [0.25, 0.3) is 5.91 Å². The second kappa shape index (κ2) is 6.58. The maximum atomic E-state index is 12.4. The monoisotopic (exact) mass is 359 g/mol. The van der Waals surface area contributed by atoms with E-state index in [9.17, 15) is 9.59 Å². The summed E-state index contributed by atoms with van der Waals surface area (Å²) >= 11 is 0. The number of carbonyl (C=O) groups excluding carboxylic acids is 2. The van der Waals surface area contributed by atoms with E-state index in [1.807, 2.05) is 50.2 Å². The summed E-state index contributed by atoms with van der Waals surface area (Å²) in [5.74, 6) is -0.129. The average molecular weight is 359 g/mol. The van der Waals surface area contributed by atoms with Crippen molar-refractivity contribution in [3.05, 3.63) is 58.9 Å². The summed E-state index contributed by atoms with van der Waals surface area (Å²) in [6, 6.07) is 12.0. The van der Waals surface area contributed by atoms with E-state index < -0.39 is 0 Å². The summed E-state index contributed by atoms with van der Waals surface area (Å²) in [7, 11) is 0. The van der Waals surface area contributed by atoms with Gasteiger partial charge in [0.05, 0.1) is 5.69 Å². The molecule has 0 atom stereocenters. The standard InChI is InChI=1S/C22H21N3O2/c1-12-4-5-16(22(27)23-17-7-8-17)11-19(12)15-6-9-18-20(10-15)13(2)24-25-21(18)14(3)26/h4-6,9-11,17H,7-8H2,1-3H3,(H,23,27). The second-order valence-electron chi connectivity index (χ2n) is 7.23. The van der Waals surface area contributed by atoms with E-state index in [4.69, 9.17) is 0 Å². The smallest absolute Gasteiger partial charge is 0.251 e. The van der Waals surface area contributed by atoms with Gasteiger partial charge in [0.15, 0.2) is 5.78 Å². The van der Waals surface area contributed by atoms with Crippen LogP contribution < -0.4 is 5.32 Å². The SMILES string of the molecule is CC(=O)c1nnc(C)c2cc(-c3cc(C(=O)NC4CC4)ccc3C)ccc12. The first kappa shape index (κ1) is 17.3. The number of ketones is 1. The van der Waals surface area contributed by atoms with Crippen LogP contribution in [0.2, 0.25) is 0 Å². The lowest BCUT2D eigenvalue weighted by atomic mass is 9.95. The highest BCUT2D eigenvalue weighted by molar-refractivity contribution is 6.06. The Balaban J connectivity index is 1.81. The third-order valence-electron chi connectivity index (χ3n) is 5.02. The fourth-order valence-electron chi connectivity index (χ4n) is 3.28. The van der Waals surface area contributed by atoms with Gasteiger partial charge >= 0.3 is 0 Å². The van der Waals surface area contributed by atoms with Gasteiger partial charge in [0, 0.05) is 29.3 Å². The van der Waals surface area contributed by atoms with Crippen molar-refractivity contribution in [2.45, 2.75) is 39.7 Å². The number of Topliss-reactive ketones (excluding diaryl/α,β-unsaturated/α-hetero) is 1. The molecule has 1 heterocycles. The molecule has 1 fully saturated rings. The van der Waals surface area contributed by atoms with E-state index in [2.05, 4.69) is 15.5 Å². The summed E-state index contributed by atoms with van der Waals surface area (Å²) in [6.07, 6.45) is 2.13. The maximum absolute atomic E-state index is 12.4. The Labute approximate surface area is 157 Å². The zero-order valence-electron chi connectivity index (χ0n) is 15.7. The van der Waals surface area contributed by atoms with Crippen LogP contribution in [0.1, 0.15) is 51.9 Å². The van der Waals surface area contributed by atoms with Gasteiger partial charge in [0.2, 0.25) is 0 Å². The summed E-state index contributed by atoms with van der Waals surface area (Å²) in [5.41, 5.74) is 4.90. The topological polar surface area (TPSA) is 72.0 Å². The van der Waals surface area contributed by atoms with Crippen LogP contribution >= 0.6 is 0 Å². The van der Waals surface area contributed by atoms with Gasteiger partial charge in [-0.1, -0.05) is 18.2 Å². The Kier molecular flexibility index (Phi) is 4.22. The fraction of sp³-hybridized carbons (Fsp3) is 0.273. The number of rotatable bonds is 4. The number of benzene rings is 2. The highest BCUT2D eigenvalue weighted by Gasteiger charge is 2.24. The van der Waals surface area contributed by atoms with Crippen LogP contribution in [0.25, 0.3) is 21.9 Å². The molecule has 136 valence electrons. The molecule has 0 spiro atoms. The Bertz CT molecular complexity index is 1080. The molecule has 3 aromatic rings. The fourth-order valence-corrected chi connectivity index (χ4v) is 3.28. The summed E-state index contributed by atoms with van der Waals surface area (Å²) in [6.45, 7) is 5.41. The molecule has 1 amide bonds. The van der Waals surface area contributed by atoms with E-state index >= 15 is 0 Å². The highest BCUT2D eigenvalue weighted by atomic mass is 16.1. The number of aryl methyl sites for hydroxylation is 2. The van der Waals surface area contributed by atoms with Gasteiger partial charge in [-0.25, -0.2) is 0 Å². The first-order chi connectivity index (χ1) is 12.9. The number of amides is 1. The third kappa shape index (κ3) is 3.33. The van der Waals surface area contributed by atoms with Gasteiger partial charge in [-0.2, -0.15) is 5.10 Å². The van der Waals surface area contributed by atoms with Gasteiger partial charge in [-0.3, -0.25) is 9.59 Å². The molecule has 27 heavy (non-hydrogen) atoms. The number of fused-ring (bicyclic) bond motifs is 1. The molecule has 1 saturated carbocycles. The molecule has 2 aromatic carbocycles. The lowest BCUT2D eigenvalue weighted by molar-refractivity contribution is 0.0950. The molecular formula is C22H21N3O2. The van der Waals surface area contributed by atoms with Gasteiger partial charge in [-0.05, 0) is 61.6 Å². The normalized spacial score (nSPS) is 13.6. The molecule has 0 saturated heterocycles. The van der Waals surface area contributed by atoms with Crippen molar-refractivity contribution < 1.29 is 9.59 Å². The van der Waals surface area contributed by atoms with Crippen LogP contribution in [0.3, 0.4) is 0 Å². The molecule has 1 aromatic heterocycles. The van der Waals surface area contributed by atoms with Crippen molar-refractivity contribution in [3.8, 4) is 11.1 Å². The van der Waals surface area contributed by atoms with Crippen molar-refractivity contribution in [3.63, 3.8) is 0 Å². The number of nitrogens with one attached hydrogen (secondary N) is 1. The van der Waals surface area contributed by atoms with Gasteiger partial charge in [-0.15, -0.1) is 5.10 Å². The predicted octanol–water partition coefficient (Wildman–Crippen LogP) is 4.01. The van der Waals surface area contributed by atoms with Gasteiger partial charge < -0.3 is 5.32 Å². The van der Waals surface area contributed by atoms with Crippen molar-refractivity contribution in [2.75, 3.05) is 0 Å². The highest BCUT2D eigenvalue weighted by Crippen LogP contribution is 2.30. The average Bonchev–Trinajstić information content (AvgIpc) is 3.46. The van der Waals surface area contributed by atoms with Crippen LogP contribution in [0.4, 0.5) is 0 Å². The minimum absolute atomic E-state index is 0.0274. The van der Waals surface area contributed by atoms with Crippen LogP contribution in [0.15, 0.2) is 36.4 Å². The number of aromatic nitrogens is 2. The van der Waals surface area contributed by atoms with E-state index in [0.717, 1.165) is 46.0 Å². The molecule has 0 aliphatic heterocycles. The minimum Gasteiger partial charge on any atom is -0.349 e. The number of carbonyl (C=O) groups is 2. The molecular weight excluding hydrogens is 338 g/mol. The molecule has 1 N–H and O–H groups in total. The summed E-state index contributed by atoms with van der Waals surface area (Å²) in [5, 5.41) is 12.9. The largest absolute Gasteiger partial charge is 0.349 e. The Morgan fingerprint density at radius 3 is 2.48 bits per heavy atom. The molecule has 4 rings (SSSR count). The molecule has 0 bridgehead atoms. The summed E-state index contributed by atoms with van der Waals surface area (Å²) in [4.78, 5) is 24.3. The van der Waals surface area contributed by atoms with Crippen molar-refractivity contribution >= 4 is 22.5 Å².